The Morgan fingerprint density at radius 1 is 1.23 bits per heavy atom. The standard InChI is InChI=1S/C24H40N8O3/c1-17-13-20(32(16-25-2)30-26-3)15-27-23(17)34-12-7-19-14-21(19)18-5-9-31(10-6-18)24-28-22(29-35-24)8-11-33-4/h13,15,18-19,21,25-26,30H,5-12,14,16H2,1-4H3. The van der Waals surface area contributed by atoms with Crippen molar-refractivity contribution in [2.45, 2.75) is 39.0 Å². The molecule has 11 heteroatoms. The lowest BCUT2D eigenvalue weighted by atomic mass is 9.90. The number of piperidine rings is 1. The Bertz CT molecular complexity index is 912. The summed E-state index contributed by atoms with van der Waals surface area (Å²) in [7, 11) is 5.43. The molecule has 2 aliphatic rings. The maximum absolute atomic E-state index is 6.06. The molecule has 1 aliphatic carbocycles. The first kappa shape index (κ1) is 25.6. The van der Waals surface area contributed by atoms with Crippen molar-refractivity contribution in [3.8, 4) is 5.88 Å². The van der Waals surface area contributed by atoms with E-state index in [-0.39, 0.29) is 0 Å². The van der Waals surface area contributed by atoms with Crippen LogP contribution in [0.2, 0.25) is 0 Å². The lowest BCUT2D eigenvalue weighted by Gasteiger charge is -2.30. The number of rotatable bonds is 14. The van der Waals surface area contributed by atoms with Gasteiger partial charge in [-0.1, -0.05) is 5.16 Å². The first-order valence-electron chi connectivity index (χ1n) is 12.6. The van der Waals surface area contributed by atoms with E-state index in [9.17, 15) is 0 Å². The van der Waals surface area contributed by atoms with E-state index in [1.54, 1.807) is 7.11 Å². The zero-order valence-corrected chi connectivity index (χ0v) is 21.4. The predicted molar refractivity (Wildman–Crippen MR) is 134 cm³/mol. The maximum atomic E-state index is 6.06. The van der Waals surface area contributed by atoms with Crippen molar-refractivity contribution >= 4 is 11.7 Å². The average Bonchev–Trinajstić information content (AvgIpc) is 3.49. The highest BCUT2D eigenvalue weighted by Crippen LogP contribution is 2.50. The lowest BCUT2D eigenvalue weighted by molar-refractivity contribution is 0.199. The smallest absolute Gasteiger partial charge is 0.324 e. The van der Waals surface area contributed by atoms with Crippen LogP contribution < -0.4 is 30.9 Å². The Balaban J connectivity index is 1.17. The first-order chi connectivity index (χ1) is 17.1. The summed E-state index contributed by atoms with van der Waals surface area (Å²) in [6.07, 6.45) is 7.29. The summed E-state index contributed by atoms with van der Waals surface area (Å²) in [4.78, 5) is 11.3. The third-order valence-corrected chi connectivity index (χ3v) is 7.00. The number of methoxy groups -OCH3 is 1. The quantitative estimate of drug-likeness (QED) is 0.268. The van der Waals surface area contributed by atoms with Crippen molar-refractivity contribution in [3.05, 3.63) is 23.7 Å². The van der Waals surface area contributed by atoms with E-state index in [4.69, 9.17) is 14.0 Å². The zero-order chi connectivity index (χ0) is 24.6. The number of aromatic nitrogens is 3. The Morgan fingerprint density at radius 3 is 2.77 bits per heavy atom. The van der Waals surface area contributed by atoms with Crippen LogP contribution in [0.4, 0.5) is 11.7 Å². The predicted octanol–water partition coefficient (Wildman–Crippen LogP) is 1.91. The van der Waals surface area contributed by atoms with Crippen molar-refractivity contribution in [3.63, 3.8) is 0 Å². The van der Waals surface area contributed by atoms with Crippen molar-refractivity contribution in [1.82, 2.24) is 31.4 Å². The minimum atomic E-state index is 0.609. The molecule has 0 bridgehead atoms. The topological polar surface area (TPSA) is 113 Å². The van der Waals surface area contributed by atoms with Crippen LogP contribution in [0.1, 0.15) is 37.1 Å². The molecule has 2 fully saturated rings. The van der Waals surface area contributed by atoms with E-state index >= 15 is 0 Å². The first-order valence-corrected chi connectivity index (χ1v) is 12.6. The van der Waals surface area contributed by atoms with Crippen LogP contribution in [0.15, 0.2) is 16.8 Å². The molecule has 1 aliphatic heterocycles. The number of hydrogen-bond acceptors (Lipinski definition) is 11. The van der Waals surface area contributed by atoms with Gasteiger partial charge in [-0.3, -0.25) is 5.01 Å². The number of aryl methyl sites for hydroxylation is 1. The van der Waals surface area contributed by atoms with Crippen LogP contribution in [-0.4, -0.2) is 69.3 Å². The maximum Gasteiger partial charge on any atom is 0.324 e. The molecule has 2 aromatic rings. The molecule has 11 nitrogen and oxygen atoms in total. The van der Waals surface area contributed by atoms with Crippen LogP contribution in [-0.2, 0) is 11.2 Å². The summed E-state index contributed by atoms with van der Waals surface area (Å²) >= 11 is 0. The fourth-order valence-electron chi connectivity index (χ4n) is 5.01. The van der Waals surface area contributed by atoms with Gasteiger partial charge in [0.05, 0.1) is 31.8 Å². The fraction of sp³-hybridized carbons (Fsp3) is 0.708. The highest BCUT2D eigenvalue weighted by atomic mass is 16.5. The van der Waals surface area contributed by atoms with Gasteiger partial charge in [0.25, 0.3) is 0 Å². The van der Waals surface area contributed by atoms with E-state index in [1.165, 1.54) is 19.3 Å². The number of anilines is 2. The van der Waals surface area contributed by atoms with Crippen LogP contribution in [0.25, 0.3) is 0 Å². The summed E-state index contributed by atoms with van der Waals surface area (Å²) in [6.45, 7) is 5.99. The highest BCUT2D eigenvalue weighted by Gasteiger charge is 2.43. The second-order valence-electron chi connectivity index (χ2n) is 9.47. The van der Waals surface area contributed by atoms with E-state index < -0.39 is 0 Å². The third-order valence-electron chi connectivity index (χ3n) is 7.00. The molecule has 2 unspecified atom stereocenters. The molecule has 4 rings (SSSR count). The molecule has 194 valence electrons. The Labute approximate surface area is 207 Å². The molecule has 2 aromatic heterocycles. The molecule has 3 N–H and O–H groups in total. The second-order valence-corrected chi connectivity index (χ2v) is 9.47. The van der Waals surface area contributed by atoms with Gasteiger partial charge in [0, 0.05) is 39.2 Å². The Morgan fingerprint density at radius 2 is 2.06 bits per heavy atom. The number of hydrogen-bond donors (Lipinski definition) is 3. The molecular weight excluding hydrogens is 448 g/mol. The molecule has 0 aromatic carbocycles. The minimum Gasteiger partial charge on any atom is -0.477 e. The monoisotopic (exact) mass is 488 g/mol. The number of hydrazine groups is 2. The summed E-state index contributed by atoms with van der Waals surface area (Å²) in [6, 6.07) is 2.74. The SMILES string of the molecule is CNCN(NNC)c1cnc(OCCC2CC2C2CCN(c3nc(CCOC)no3)CC2)c(C)c1. The summed E-state index contributed by atoms with van der Waals surface area (Å²) in [5.74, 6) is 3.80. The zero-order valence-electron chi connectivity index (χ0n) is 21.4. The Kier molecular flexibility index (Phi) is 9.13. The molecule has 1 saturated carbocycles. The molecule has 35 heavy (non-hydrogen) atoms. The molecule has 0 radical (unpaired) electrons. The van der Waals surface area contributed by atoms with Gasteiger partial charge in [-0.15, -0.1) is 0 Å². The van der Waals surface area contributed by atoms with Crippen LogP contribution in [0.3, 0.4) is 0 Å². The van der Waals surface area contributed by atoms with Gasteiger partial charge >= 0.3 is 6.01 Å². The van der Waals surface area contributed by atoms with Gasteiger partial charge < -0.3 is 24.2 Å². The molecular formula is C24H40N8O3. The number of ether oxygens (including phenoxy) is 2. The van der Waals surface area contributed by atoms with E-state index in [0.717, 1.165) is 60.2 Å². The Hall–Kier alpha value is -2.47. The molecule has 1 saturated heterocycles. The third kappa shape index (κ3) is 6.81. The van der Waals surface area contributed by atoms with Crippen LogP contribution in [0.5, 0.6) is 5.88 Å². The number of nitrogens with zero attached hydrogens (tertiary/aromatic N) is 5. The molecule has 3 heterocycles. The van der Waals surface area contributed by atoms with Gasteiger partial charge in [0.2, 0.25) is 5.88 Å². The molecule has 0 spiro atoms. The lowest BCUT2D eigenvalue weighted by Crippen LogP contribution is -2.49. The largest absolute Gasteiger partial charge is 0.477 e. The summed E-state index contributed by atoms with van der Waals surface area (Å²) < 4.78 is 16.6. The highest BCUT2D eigenvalue weighted by molar-refractivity contribution is 5.47. The summed E-state index contributed by atoms with van der Waals surface area (Å²) in [5, 5.41) is 9.15. The molecule has 2 atom stereocenters. The van der Waals surface area contributed by atoms with Gasteiger partial charge in [0.15, 0.2) is 5.82 Å². The number of pyridine rings is 1. The second kappa shape index (κ2) is 12.5. The van der Waals surface area contributed by atoms with Crippen LogP contribution >= 0.6 is 0 Å². The fourth-order valence-corrected chi connectivity index (χ4v) is 5.01. The van der Waals surface area contributed by atoms with Crippen molar-refractivity contribution in [2.24, 2.45) is 17.8 Å². The van der Waals surface area contributed by atoms with E-state index in [2.05, 4.69) is 42.4 Å². The molecule has 0 amide bonds. The van der Waals surface area contributed by atoms with Crippen LogP contribution in [0, 0.1) is 24.7 Å². The van der Waals surface area contributed by atoms with Crippen molar-refractivity contribution in [2.75, 3.05) is 64.1 Å². The van der Waals surface area contributed by atoms with Crippen molar-refractivity contribution < 1.29 is 14.0 Å². The minimum absolute atomic E-state index is 0.609. The average molecular weight is 489 g/mol. The van der Waals surface area contributed by atoms with Gasteiger partial charge in [-0.2, -0.15) is 10.5 Å². The van der Waals surface area contributed by atoms with Crippen molar-refractivity contribution in [1.29, 1.82) is 0 Å². The number of nitrogens with one attached hydrogen (secondary N) is 3. The van der Waals surface area contributed by atoms with E-state index in [0.29, 0.717) is 32.3 Å². The van der Waals surface area contributed by atoms with E-state index in [1.807, 2.05) is 32.2 Å². The van der Waals surface area contributed by atoms with Gasteiger partial charge in [-0.25, -0.2) is 10.4 Å². The van der Waals surface area contributed by atoms with Gasteiger partial charge in [-0.05, 0) is 63.5 Å². The normalized spacial score (nSPS) is 20.3. The summed E-state index contributed by atoms with van der Waals surface area (Å²) in [5.41, 5.74) is 8.04. The van der Waals surface area contributed by atoms with Gasteiger partial charge in [0.1, 0.15) is 0 Å².